The van der Waals surface area contributed by atoms with Crippen molar-refractivity contribution in [2.75, 3.05) is 0 Å². The van der Waals surface area contributed by atoms with Crippen LogP contribution in [0.2, 0.25) is 5.02 Å². The second-order valence-corrected chi connectivity index (χ2v) is 7.76. The zero-order valence-corrected chi connectivity index (χ0v) is 13.7. The zero-order valence-electron chi connectivity index (χ0n) is 12.1. The number of carbonyl (C=O) groups is 1. The van der Waals surface area contributed by atoms with Gasteiger partial charge in [-0.05, 0) is 48.8 Å². The van der Waals surface area contributed by atoms with E-state index in [0.717, 1.165) is 22.8 Å². The second-order valence-electron chi connectivity index (χ2n) is 6.29. The topological polar surface area (TPSA) is 42.0 Å². The second kappa shape index (κ2) is 5.67. The van der Waals surface area contributed by atoms with Crippen molar-refractivity contribution in [3.63, 3.8) is 0 Å². The van der Waals surface area contributed by atoms with Gasteiger partial charge in [-0.2, -0.15) is 0 Å². The quantitative estimate of drug-likeness (QED) is 0.906. The number of thiazole rings is 1. The molecule has 0 radical (unpaired) electrons. The summed E-state index contributed by atoms with van der Waals surface area (Å²) in [5.74, 6) is 1.48. The highest BCUT2D eigenvalue weighted by atomic mass is 35.5. The standard InChI is InChI=1S/C17H17ClN2OS/c18-13-3-1-2-12(8-13)15-9-19-17(22-15)16(21)20-14-7-10-4-5-11(14)6-10/h1-3,8-11,14H,4-7H2,(H,20,21)/t10-,11+,14-/m1/s1. The third kappa shape index (κ3) is 2.66. The Balaban J connectivity index is 1.48. The number of rotatable bonds is 3. The molecule has 1 aromatic heterocycles. The average Bonchev–Trinajstić information content (AvgIpc) is 3.23. The van der Waals surface area contributed by atoms with Crippen molar-refractivity contribution in [1.82, 2.24) is 10.3 Å². The van der Waals surface area contributed by atoms with Gasteiger partial charge in [-0.1, -0.05) is 30.2 Å². The Kier molecular flexibility index (Phi) is 3.66. The van der Waals surface area contributed by atoms with Crippen LogP contribution >= 0.6 is 22.9 Å². The maximum atomic E-state index is 12.4. The van der Waals surface area contributed by atoms with Crippen molar-refractivity contribution in [3.8, 4) is 10.4 Å². The molecule has 1 aromatic carbocycles. The molecule has 1 amide bonds. The van der Waals surface area contributed by atoms with E-state index in [-0.39, 0.29) is 5.91 Å². The average molecular weight is 333 g/mol. The van der Waals surface area contributed by atoms with Gasteiger partial charge in [0.15, 0.2) is 5.01 Å². The lowest BCUT2D eigenvalue weighted by atomic mass is 9.95. The zero-order chi connectivity index (χ0) is 15.1. The van der Waals surface area contributed by atoms with Crippen LogP contribution in [0.25, 0.3) is 10.4 Å². The molecule has 0 saturated heterocycles. The Morgan fingerprint density at radius 1 is 1.32 bits per heavy atom. The molecule has 2 bridgehead atoms. The van der Waals surface area contributed by atoms with Gasteiger partial charge < -0.3 is 5.32 Å². The fraction of sp³-hybridized carbons (Fsp3) is 0.412. The van der Waals surface area contributed by atoms with Crippen molar-refractivity contribution in [2.24, 2.45) is 11.8 Å². The molecule has 2 aliphatic rings. The molecule has 0 aliphatic heterocycles. The molecule has 0 spiro atoms. The molecule has 1 heterocycles. The third-order valence-electron chi connectivity index (χ3n) is 4.86. The van der Waals surface area contributed by atoms with Crippen LogP contribution in [0.4, 0.5) is 0 Å². The number of hydrogen-bond donors (Lipinski definition) is 1. The monoisotopic (exact) mass is 332 g/mol. The highest BCUT2D eigenvalue weighted by Gasteiger charge is 2.40. The van der Waals surface area contributed by atoms with Gasteiger partial charge in [0.1, 0.15) is 0 Å². The summed E-state index contributed by atoms with van der Waals surface area (Å²) in [6.45, 7) is 0. The van der Waals surface area contributed by atoms with E-state index >= 15 is 0 Å². The molecule has 22 heavy (non-hydrogen) atoms. The molecule has 5 heteroatoms. The van der Waals surface area contributed by atoms with E-state index in [0.29, 0.717) is 22.0 Å². The fourth-order valence-corrected chi connectivity index (χ4v) is 4.81. The molecule has 3 atom stereocenters. The number of aromatic nitrogens is 1. The van der Waals surface area contributed by atoms with Gasteiger partial charge in [-0.15, -0.1) is 11.3 Å². The van der Waals surface area contributed by atoms with Crippen molar-refractivity contribution in [3.05, 3.63) is 40.5 Å². The Morgan fingerprint density at radius 3 is 2.95 bits per heavy atom. The first-order chi connectivity index (χ1) is 10.7. The van der Waals surface area contributed by atoms with E-state index in [9.17, 15) is 4.79 Å². The molecule has 2 saturated carbocycles. The van der Waals surface area contributed by atoms with Crippen LogP contribution in [0.15, 0.2) is 30.5 Å². The molecular weight excluding hydrogens is 316 g/mol. The summed E-state index contributed by atoms with van der Waals surface area (Å²) in [6, 6.07) is 7.98. The van der Waals surface area contributed by atoms with Gasteiger partial charge >= 0.3 is 0 Å². The minimum absolute atomic E-state index is 0.0316. The first-order valence-corrected chi connectivity index (χ1v) is 8.91. The largest absolute Gasteiger partial charge is 0.347 e. The van der Waals surface area contributed by atoms with Gasteiger partial charge in [0.25, 0.3) is 5.91 Å². The summed E-state index contributed by atoms with van der Waals surface area (Å²) in [7, 11) is 0. The summed E-state index contributed by atoms with van der Waals surface area (Å²) in [5.41, 5.74) is 1.00. The van der Waals surface area contributed by atoms with Crippen LogP contribution in [-0.4, -0.2) is 16.9 Å². The Morgan fingerprint density at radius 2 is 2.23 bits per heavy atom. The van der Waals surface area contributed by atoms with Gasteiger partial charge in [-0.25, -0.2) is 4.98 Å². The number of carbonyl (C=O) groups excluding carboxylic acids is 1. The molecule has 2 aliphatic carbocycles. The van der Waals surface area contributed by atoms with Gasteiger partial charge in [0.05, 0.1) is 4.88 Å². The van der Waals surface area contributed by atoms with Gasteiger partial charge in [0, 0.05) is 17.3 Å². The minimum Gasteiger partial charge on any atom is -0.347 e. The van der Waals surface area contributed by atoms with Crippen molar-refractivity contribution >= 4 is 28.8 Å². The lowest BCUT2D eigenvalue weighted by molar-refractivity contribution is 0.0922. The lowest BCUT2D eigenvalue weighted by Gasteiger charge is -2.22. The van der Waals surface area contributed by atoms with Crippen LogP contribution in [0.1, 0.15) is 35.5 Å². The molecule has 2 aromatic rings. The predicted molar refractivity (Wildman–Crippen MR) is 89.3 cm³/mol. The highest BCUT2D eigenvalue weighted by molar-refractivity contribution is 7.17. The number of benzene rings is 1. The molecule has 114 valence electrons. The smallest absolute Gasteiger partial charge is 0.280 e. The normalized spacial score (nSPS) is 26.3. The van der Waals surface area contributed by atoms with Crippen LogP contribution in [0.5, 0.6) is 0 Å². The Hall–Kier alpha value is -1.39. The minimum atomic E-state index is -0.0316. The van der Waals surface area contributed by atoms with Gasteiger partial charge in [-0.3, -0.25) is 4.79 Å². The van der Waals surface area contributed by atoms with Crippen LogP contribution in [0.3, 0.4) is 0 Å². The van der Waals surface area contributed by atoms with Crippen LogP contribution in [-0.2, 0) is 0 Å². The SMILES string of the molecule is O=C(N[C@@H]1C[C@@H]2CC[C@H]1C2)c1ncc(-c2cccc(Cl)c2)s1. The summed E-state index contributed by atoms with van der Waals surface area (Å²) in [5, 5.41) is 4.42. The van der Waals surface area contributed by atoms with E-state index in [1.54, 1.807) is 6.20 Å². The Labute approximate surface area is 138 Å². The maximum absolute atomic E-state index is 12.4. The van der Waals surface area contributed by atoms with Crippen LogP contribution < -0.4 is 5.32 Å². The van der Waals surface area contributed by atoms with E-state index in [1.165, 1.54) is 30.6 Å². The lowest BCUT2D eigenvalue weighted by Crippen LogP contribution is -2.38. The Bertz CT molecular complexity index is 714. The van der Waals surface area contributed by atoms with Crippen molar-refractivity contribution in [1.29, 1.82) is 0 Å². The van der Waals surface area contributed by atoms with E-state index in [2.05, 4.69) is 10.3 Å². The third-order valence-corrected chi connectivity index (χ3v) is 6.14. The summed E-state index contributed by atoms with van der Waals surface area (Å²) in [4.78, 5) is 17.7. The van der Waals surface area contributed by atoms with Crippen LogP contribution in [0, 0.1) is 11.8 Å². The predicted octanol–water partition coefficient (Wildman–Crippen LogP) is 4.38. The molecule has 0 unspecified atom stereocenters. The number of amides is 1. The first kappa shape index (κ1) is 14.2. The maximum Gasteiger partial charge on any atom is 0.280 e. The number of hydrogen-bond acceptors (Lipinski definition) is 3. The molecular formula is C17H17ClN2OS. The molecule has 1 N–H and O–H groups in total. The highest BCUT2D eigenvalue weighted by Crippen LogP contribution is 2.44. The number of halogens is 1. The number of nitrogens with zero attached hydrogens (tertiary/aromatic N) is 1. The van der Waals surface area contributed by atoms with Crippen molar-refractivity contribution in [2.45, 2.75) is 31.7 Å². The van der Waals surface area contributed by atoms with Gasteiger partial charge in [0.2, 0.25) is 0 Å². The number of nitrogens with one attached hydrogen (secondary N) is 1. The summed E-state index contributed by atoms with van der Waals surface area (Å²) in [6.07, 6.45) is 6.79. The summed E-state index contributed by atoms with van der Waals surface area (Å²) >= 11 is 7.44. The van der Waals surface area contributed by atoms with E-state index in [4.69, 9.17) is 11.6 Å². The first-order valence-electron chi connectivity index (χ1n) is 7.71. The van der Waals surface area contributed by atoms with Crippen molar-refractivity contribution < 1.29 is 4.79 Å². The van der Waals surface area contributed by atoms with E-state index < -0.39 is 0 Å². The summed E-state index contributed by atoms with van der Waals surface area (Å²) < 4.78 is 0. The fourth-order valence-electron chi connectivity index (χ4n) is 3.81. The molecule has 3 nitrogen and oxygen atoms in total. The molecule has 4 rings (SSSR count). The molecule has 2 fully saturated rings. The van der Waals surface area contributed by atoms with E-state index in [1.807, 2.05) is 24.3 Å². The number of fused-ring (bicyclic) bond motifs is 2.